The quantitative estimate of drug-likeness (QED) is 0.625. The minimum atomic E-state index is 0.0231. The van der Waals surface area contributed by atoms with Crippen LogP contribution in [0.3, 0.4) is 0 Å². The molecule has 0 atom stereocenters. The molecule has 0 bridgehead atoms. The molecule has 0 saturated heterocycles. The van der Waals surface area contributed by atoms with Crippen LogP contribution < -0.4 is 0 Å². The standard InChI is InChI=1S/C11H12N2O/c14-11(10-6-2-3-7-12-10)13-8-4-1-5-9-13/h1-4,6-7H,5,8-9H2. The van der Waals surface area contributed by atoms with Gasteiger partial charge >= 0.3 is 0 Å². The first-order valence-electron chi connectivity index (χ1n) is 4.73. The molecule has 0 aliphatic carbocycles. The highest BCUT2D eigenvalue weighted by Gasteiger charge is 2.15. The smallest absolute Gasteiger partial charge is 0.272 e. The summed E-state index contributed by atoms with van der Waals surface area (Å²) in [6, 6.07) is 5.40. The summed E-state index contributed by atoms with van der Waals surface area (Å²) in [6.07, 6.45) is 6.71. The van der Waals surface area contributed by atoms with E-state index in [0.29, 0.717) is 12.2 Å². The molecule has 1 aliphatic rings. The van der Waals surface area contributed by atoms with Crippen molar-refractivity contribution in [3.05, 3.63) is 42.2 Å². The number of amides is 1. The lowest BCUT2D eigenvalue weighted by molar-refractivity contribution is 0.0765. The van der Waals surface area contributed by atoms with Gasteiger partial charge in [0.05, 0.1) is 0 Å². The van der Waals surface area contributed by atoms with E-state index >= 15 is 0 Å². The van der Waals surface area contributed by atoms with Gasteiger partial charge in [-0.05, 0) is 18.6 Å². The second kappa shape index (κ2) is 4.05. The highest BCUT2D eigenvalue weighted by molar-refractivity contribution is 5.92. The highest BCUT2D eigenvalue weighted by Crippen LogP contribution is 2.06. The molecule has 0 spiro atoms. The van der Waals surface area contributed by atoms with Crippen molar-refractivity contribution < 1.29 is 4.79 Å². The number of aromatic nitrogens is 1. The molecule has 1 aliphatic heterocycles. The first-order valence-corrected chi connectivity index (χ1v) is 4.73. The van der Waals surface area contributed by atoms with Crippen molar-refractivity contribution in [1.29, 1.82) is 0 Å². The van der Waals surface area contributed by atoms with Crippen molar-refractivity contribution in [1.82, 2.24) is 9.88 Å². The average molecular weight is 188 g/mol. The molecule has 0 N–H and O–H groups in total. The van der Waals surface area contributed by atoms with Crippen LogP contribution in [-0.4, -0.2) is 28.9 Å². The lowest BCUT2D eigenvalue weighted by atomic mass is 10.2. The summed E-state index contributed by atoms with van der Waals surface area (Å²) in [6.45, 7) is 1.50. The van der Waals surface area contributed by atoms with Gasteiger partial charge in [-0.1, -0.05) is 18.2 Å². The maximum Gasteiger partial charge on any atom is 0.272 e. The van der Waals surface area contributed by atoms with E-state index in [1.165, 1.54) is 0 Å². The number of hydrogen-bond donors (Lipinski definition) is 0. The molecule has 0 aromatic carbocycles. The molecule has 0 radical (unpaired) electrons. The molecule has 2 rings (SSSR count). The number of carbonyl (C=O) groups excluding carboxylic acids is 1. The number of rotatable bonds is 1. The van der Waals surface area contributed by atoms with Gasteiger partial charge in [-0.2, -0.15) is 0 Å². The molecule has 14 heavy (non-hydrogen) atoms. The number of nitrogens with zero attached hydrogens (tertiary/aromatic N) is 2. The van der Waals surface area contributed by atoms with Crippen LogP contribution in [0.5, 0.6) is 0 Å². The van der Waals surface area contributed by atoms with E-state index in [9.17, 15) is 4.79 Å². The van der Waals surface area contributed by atoms with Crippen molar-refractivity contribution in [3.63, 3.8) is 0 Å². The van der Waals surface area contributed by atoms with Crippen molar-refractivity contribution in [2.75, 3.05) is 13.1 Å². The number of carbonyl (C=O) groups is 1. The number of hydrogen-bond acceptors (Lipinski definition) is 2. The molecule has 1 amide bonds. The second-order valence-corrected chi connectivity index (χ2v) is 3.23. The van der Waals surface area contributed by atoms with Crippen LogP contribution in [0, 0.1) is 0 Å². The van der Waals surface area contributed by atoms with Crippen molar-refractivity contribution >= 4 is 5.91 Å². The summed E-state index contributed by atoms with van der Waals surface area (Å²) < 4.78 is 0. The molecular weight excluding hydrogens is 176 g/mol. The third-order valence-electron chi connectivity index (χ3n) is 2.23. The average Bonchev–Trinajstić information content (AvgIpc) is 2.30. The van der Waals surface area contributed by atoms with Crippen LogP contribution in [-0.2, 0) is 0 Å². The first-order chi connectivity index (χ1) is 6.88. The zero-order valence-corrected chi connectivity index (χ0v) is 7.89. The van der Waals surface area contributed by atoms with E-state index in [1.807, 2.05) is 23.1 Å². The number of pyridine rings is 1. The van der Waals surface area contributed by atoms with Gasteiger partial charge in [0.1, 0.15) is 5.69 Å². The summed E-state index contributed by atoms with van der Waals surface area (Å²) in [5, 5.41) is 0. The van der Waals surface area contributed by atoms with Crippen LogP contribution in [0.4, 0.5) is 0 Å². The van der Waals surface area contributed by atoms with Gasteiger partial charge in [0.25, 0.3) is 5.91 Å². The predicted octanol–water partition coefficient (Wildman–Crippen LogP) is 1.48. The Kier molecular flexibility index (Phi) is 2.58. The summed E-state index contributed by atoms with van der Waals surface area (Å²) in [5.74, 6) is 0.0231. The Morgan fingerprint density at radius 2 is 2.29 bits per heavy atom. The van der Waals surface area contributed by atoms with E-state index in [4.69, 9.17) is 0 Å². The van der Waals surface area contributed by atoms with Crippen LogP contribution in [0.1, 0.15) is 16.9 Å². The molecule has 1 aromatic heterocycles. The Bertz CT molecular complexity index is 346. The largest absolute Gasteiger partial charge is 0.333 e. The highest BCUT2D eigenvalue weighted by atomic mass is 16.2. The van der Waals surface area contributed by atoms with Crippen LogP contribution in [0.25, 0.3) is 0 Å². The van der Waals surface area contributed by atoms with Crippen molar-refractivity contribution in [3.8, 4) is 0 Å². The molecule has 72 valence electrons. The fraction of sp³-hybridized carbons (Fsp3) is 0.273. The molecule has 0 fully saturated rings. The fourth-order valence-electron chi connectivity index (χ4n) is 1.48. The van der Waals surface area contributed by atoms with Gasteiger partial charge in [0.15, 0.2) is 0 Å². The SMILES string of the molecule is O=C(c1ccccn1)N1CC=CCC1. The topological polar surface area (TPSA) is 33.2 Å². The minimum absolute atomic E-state index is 0.0231. The molecule has 1 aromatic rings. The second-order valence-electron chi connectivity index (χ2n) is 3.23. The lowest BCUT2D eigenvalue weighted by Crippen LogP contribution is -2.34. The van der Waals surface area contributed by atoms with Gasteiger partial charge in [-0.15, -0.1) is 0 Å². The fourth-order valence-corrected chi connectivity index (χ4v) is 1.48. The van der Waals surface area contributed by atoms with E-state index < -0.39 is 0 Å². The summed E-state index contributed by atoms with van der Waals surface area (Å²) in [7, 11) is 0. The van der Waals surface area contributed by atoms with Crippen LogP contribution in [0.15, 0.2) is 36.5 Å². The minimum Gasteiger partial charge on any atom is -0.333 e. The predicted molar refractivity (Wildman–Crippen MR) is 53.9 cm³/mol. The first kappa shape index (κ1) is 8.94. The van der Waals surface area contributed by atoms with E-state index in [1.54, 1.807) is 12.3 Å². The summed E-state index contributed by atoms with van der Waals surface area (Å²) >= 11 is 0. The molecule has 2 heterocycles. The lowest BCUT2D eigenvalue weighted by Gasteiger charge is -2.22. The van der Waals surface area contributed by atoms with Gasteiger partial charge < -0.3 is 4.90 Å². The molecule has 3 heteroatoms. The normalized spacial score (nSPS) is 15.6. The zero-order valence-electron chi connectivity index (χ0n) is 7.89. The monoisotopic (exact) mass is 188 g/mol. The van der Waals surface area contributed by atoms with Gasteiger partial charge in [-0.3, -0.25) is 9.78 Å². The maximum absolute atomic E-state index is 11.8. The van der Waals surface area contributed by atoms with Crippen LogP contribution in [0.2, 0.25) is 0 Å². The van der Waals surface area contributed by atoms with E-state index in [0.717, 1.165) is 13.0 Å². The molecule has 0 unspecified atom stereocenters. The molecule has 0 saturated carbocycles. The third kappa shape index (κ3) is 1.82. The Hall–Kier alpha value is -1.64. The Morgan fingerprint density at radius 1 is 1.36 bits per heavy atom. The Labute approximate surface area is 83.1 Å². The summed E-state index contributed by atoms with van der Waals surface area (Å²) in [5.41, 5.74) is 0.530. The van der Waals surface area contributed by atoms with Gasteiger partial charge in [0.2, 0.25) is 0 Å². The van der Waals surface area contributed by atoms with Crippen molar-refractivity contribution in [2.45, 2.75) is 6.42 Å². The zero-order chi connectivity index (χ0) is 9.80. The molecular formula is C11H12N2O. The van der Waals surface area contributed by atoms with E-state index in [-0.39, 0.29) is 5.91 Å². The Balaban J connectivity index is 2.12. The van der Waals surface area contributed by atoms with Crippen molar-refractivity contribution in [2.24, 2.45) is 0 Å². The Morgan fingerprint density at radius 3 is 2.93 bits per heavy atom. The summed E-state index contributed by atoms with van der Waals surface area (Å²) in [4.78, 5) is 17.7. The maximum atomic E-state index is 11.8. The van der Waals surface area contributed by atoms with E-state index in [2.05, 4.69) is 11.1 Å². The van der Waals surface area contributed by atoms with Gasteiger partial charge in [-0.25, -0.2) is 0 Å². The molecule has 3 nitrogen and oxygen atoms in total. The third-order valence-corrected chi connectivity index (χ3v) is 2.23. The van der Waals surface area contributed by atoms with Gasteiger partial charge in [0, 0.05) is 19.3 Å². The van der Waals surface area contributed by atoms with Crippen LogP contribution >= 0.6 is 0 Å².